The van der Waals surface area contributed by atoms with Gasteiger partial charge in [-0.3, -0.25) is 0 Å². The molecular formula is C9H10S2. The molecule has 58 valence electrons. The van der Waals surface area contributed by atoms with Crippen LogP contribution in [0.2, 0.25) is 0 Å². The predicted octanol–water partition coefficient (Wildman–Crippen LogP) is 3.52. The zero-order chi connectivity index (χ0) is 8.10. The molecule has 0 unspecified atom stereocenters. The maximum atomic E-state index is 5.10. The minimum Gasteiger partial charge on any atom is -0.0828 e. The Balaban J connectivity index is 2.58. The van der Waals surface area contributed by atoms with Crippen LogP contribution in [-0.4, -0.2) is 4.20 Å². The van der Waals surface area contributed by atoms with Gasteiger partial charge in [0.25, 0.3) is 0 Å². The molecule has 0 N–H and O–H groups in total. The largest absolute Gasteiger partial charge is 0.0828 e. The molecule has 0 bridgehead atoms. The first kappa shape index (κ1) is 8.75. The van der Waals surface area contributed by atoms with Crippen LogP contribution in [-0.2, 0) is 0 Å². The van der Waals surface area contributed by atoms with E-state index in [2.05, 4.69) is 19.1 Å². The maximum absolute atomic E-state index is 5.10. The monoisotopic (exact) mass is 182 g/mol. The number of benzene rings is 1. The van der Waals surface area contributed by atoms with Crippen molar-refractivity contribution in [2.24, 2.45) is 0 Å². The molecule has 0 saturated heterocycles. The van der Waals surface area contributed by atoms with Crippen molar-refractivity contribution in [3.8, 4) is 0 Å². The molecule has 1 rings (SSSR count). The lowest BCUT2D eigenvalue weighted by Crippen LogP contribution is -1.82. The second-order valence-corrected chi connectivity index (χ2v) is 4.06. The molecule has 1 aromatic rings. The highest BCUT2D eigenvalue weighted by Gasteiger charge is 1.95. The summed E-state index contributed by atoms with van der Waals surface area (Å²) in [6, 6.07) is 10.2. The Bertz CT molecular complexity index is 229. The van der Waals surface area contributed by atoms with Crippen LogP contribution in [0.3, 0.4) is 0 Å². The van der Waals surface area contributed by atoms with Gasteiger partial charge in [0.1, 0.15) is 0 Å². The molecular weight excluding hydrogens is 172 g/mol. The topological polar surface area (TPSA) is 0 Å². The van der Waals surface area contributed by atoms with Crippen LogP contribution < -0.4 is 0 Å². The molecule has 11 heavy (non-hydrogen) atoms. The van der Waals surface area contributed by atoms with Crippen molar-refractivity contribution in [3.63, 3.8) is 0 Å². The Hall–Kier alpha value is -0.340. The number of thiocarbonyl (C=S) groups is 1. The van der Waals surface area contributed by atoms with Crippen LogP contribution >= 0.6 is 24.0 Å². The Morgan fingerprint density at radius 2 is 2.00 bits per heavy atom. The number of rotatable bonds is 2. The maximum Gasteiger partial charge on any atom is 0.0524 e. The van der Waals surface area contributed by atoms with E-state index in [9.17, 15) is 0 Å². The lowest BCUT2D eigenvalue weighted by atomic mass is 10.4. The molecule has 0 fully saturated rings. The van der Waals surface area contributed by atoms with Crippen molar-refractivity contribution in [1.82, 2.24) is 0 Å². The Morgan fingerprint density at radius 1 is 1.36 bits per heavy atom. The van der Waals surface area contributed by atoms with Crippen LogP contribution in [0.1, 0.15) is 13.3 Å². The van der Waals surface area contributed by atoms with E-state index in [-0.39, 0.29) is 0 Å². The lowest BCUT2D eigenvalue weighted by Gasteiger charge is -1.98. The van der Waals surface area contributed by atoms with E-state index in [4.69, 9.17) is 12.2 Å². The molecule has 0 amide bonds. The van der Waals surface area contributed by atoms with Gasteiger partial charge < -0.3 is 0 Å². The van der Waals surface area contributed by atoms with Gasteiger partial charge in [-0.25, -0.2) is 0 Å². The summed E-state index contributed by atoms with van der Waals surface area (Å²) >= 11 is 6.78. The van der Waals surface area contributed by atoms with E-state index >= 15 is 0 Å². The Kier molecular flexibility index (Phi) is 3.60. The molecule has 0 saturated carbocycles. The number of thioether (sulfide) groups is 1. The van der Waals surface area contributed by atoms with Crippen LogP contribution in [0.25, 0.3) is 0 Å². The first-order valence-corrected chi connectivity index (χ1v) is 4.81. The van der Waals surface area contributed by atoms with Crippen molar-refractivity contribution < 1.29 is 0 Å². The summed E-state index contributed by atoms with van der Waals surface area (Å²) in [4.78, 5) is 1.24. The van der Waals surface area contributed by atoms with Crippen molar-refractivity contribution in [1.29, 1.82) is 0 Å². The normalized spacial score (nSPS) is 9.55. The van der Waals surface area contributed by atoms with E-state index in [1.54, 1.807) is 11.8 Å². The summed E-state index contributed by atoms with van der Waals surface area (Å²) in [6.07, 6.45) is 0.967. The molecule has 0 heterocycles. The molecule has 0 spiro atoms. The second-order valence-electron chi connectivity index (χ2n) is 2.14. The van der Waals surface area contributed by atoms with Gasteiger partial charge in [0.05, 0.1) is 4.20 Å². The van der Waals surface area contributed by atoms with E-state index in [1.165, 1.54) is 4.90 Å². The van der Waals surface area contributed by atoms with Crippen molar-refractivity contribution in [3.05, 3.63) is 30.3 Å². The average molecular weight is 182 g/mol. The fourth-order valence-electron chi connectivity index (χ4n) is 0.692. The van der Waals surface area contributed by atoms with Crippen LogP contribution in [0.15, 0.2) is 35.2 Å². The van der Waals surface area contributed by atoms with Crippen molar-refractivity contribution >= 4 is 28.2 Å². The molecule has 0 aliphatic carbocycles. The average Bonchev–Trinajstić information content (AvgIpc) is 2.06. The highest BCUT2D eigenvalue weighted by molar-refractivity contribution is 8.23. The van der Waals surface area contributed by atoms with Gasteiger partial charge in [0.2, 0.25) is 0 Å². The molecule has 0 atom stereocenters. The lowest BCUT2D eigenvalue weighted by molar-refractivity contribution is 1.34. The van der Waals surface area contributed by atoms with Crippen LogP contribution in [0.5, 0.6) is 0 Å². The minimum absolute atomic E-state index is 0.967. The third kappa shape index (κ3) is 3.04. The fraction of sp³-hybridized carbons (Fsp3) is 0.222. The number of hydrogen-bond donors (Lipinski definition) is 0. The second kappa shape index (κ2) is 4.52. The third-order valence-electron chi connectivity index (χ3n) is 1.26. The predicted molar refractivity (Wildman–Crippen MR) is 55.2 cm³/mol. The van der Waals surface area contributed by atoms with Gasteiger partial charge in [-0.15, -0.1) is 0 Å². The standard InChI is InChI=1S/C9H10S2/c1-2-9(10)11-8-6-4-3-5-7-8/h3-7H,2H2,1H3. The van der Waals surface area contributed by atoms with Gasteiger partial charge in [0.15, 0.2) is 0 Å². The van der Waals surface area contributed by atoms with Gasteiger partial charge in [-0.2, -0.15) is 0 Å². The summed E-state index contributed by atoms with van der Waals surface area (Å²) in [5.41, 5.74) is 0. The first-order chi connectivity index (χ1) is 5.33. The zero-order valence-corrected chi connectivity index (χ0v) is 8.04. The molecule has 0 aromatic heterocycles. The van der Waals surface area contributed by atoms with Gasteiger partial charge >= 0.3 is 0 Å². The molecule has 0 radical (unpaired) electrons. The van der Waals surface area contributed by atoms with E-state index in [0.717, 1.165) is 10.6 Å². The highest BCUT2D eigenvalue weighted by Crippen LogP contribution is 2.20. The summed E-state index contributed by atoms with van der Waals surface area (Å²) in [5.74, 6) is 0. The fourth-order valence-corrected chi connectivity index (χ4v) is 1.68. The van der Waals surface area contributed by atoms with E-state index in [1.807, 2.05) is 18.2 Å². The third-order valence-corrected chi connectivity index (χ3v) is 2.83. The number of hydrogen-bond acceptors (Lipinski definition) is 2. The quantitative estimate of drug-likeness (QED) is 0.507. The summed E-state index contributed by atoms with van der Waals surface area (Å²) in [5, 5.41) is 0. The van der Waals surface area contributed by atoms with Gasteiger partial charge in [-0.05, 0) is 18.6 Å². The Labute approximate surface area is 77.0 Å². The van der Waals surface area contributed by atoms with Crippen molar-refractivity contribution in [2.75, 3.05) is 0 Å². The van der Waals surface area contributed by atoms with Gasteiger partial charge in [-0.1, -0.05) is 49.1 Å². The summed E-state index contributed by atoms with van der Waals surface area (Å²) in [7, 11) is 0. The molecule has 0 nitrogen and oxygen atoms in total. The zero-order valence-electron chi connectivity index (χ0n) is 6.41. The highest BCUT2D eigenvalue weighted by atomic mass is 32.2. The molecule has 0 aliphatic rings. The van der Waals surface area contributed by atoms with Crippen LogP contribution in [0.4, 0.5) is 0 Å². The molecule has 1 aromatic carbocycles. The van der Waals surface area contributed by atoms with E-state index < -0.39 is 0 Å². The molecule has 0 aliphatic heterocycles. The van der Waals surface area contributed by atoms with E-state index in [0.29, 0.717) is 0 Å². The van der Waals surface area contributed by atoms with Crippen molar-refractivity contribution in [2.45, 2.75) is 18.2 Å². The first-order valence-electron chi connectivity index (χ1n) is 3.58. The minimum atomic E-state index is 0.967. The molecule has 2 heteroatoms. The Morgan fingerprint density at radius 3 is 2.55 bits per heavy atom. The summed E-state index contributed by atoms with van der Waals surface area (Å²) in [6.45, 7) is 2.08. The van der Waals surface area contributed by atoms with Crippen LogP contribution in [0, 0.1) is 0 Å². The SMILES string of the molecule is CCC(=S)Sc1ccccc1. The van der Waals surface area contributed by atoms with Gasteiger partial charge in [0, 0.05) is 4.90 Å². The smallest absolute Gasteiger partial charge is 0.0524 e. The summed E-state index contributed by atoms with van der Waals surface area (Å²) < 4.78 is 1.05.